The van der Waals surface area contributed by atoms with Gasteiger partial charge >= 0.3 is 0 Å². The highest BCUT2D eigenvalue weighted by molar-refractivity contribution is 5.68. The maximum absolute atomic E-state index is 3.91. The highest BCUT2D eigenvalue weighted by atomic mass is 14.9. The highest BCUT2D eigenvalue weighted by Gasteiger charge is 2.31. The Labute approximate surface area is 98.7 Å². The highest BCUT2D eigenvalue weighted by Crippen LogP contribution is 2.42. The molecule has 1 aromatic rings. The first-order chi connectivity index (χ1) is 7.61. The van der Waals surface area contributed by atoms with Gasteiger partial charge < -0.3 is 5.32 Å². The molecule has 1 aromatic carbocycles. The average molecular weight is 213 g/mol. The van der Waals surface area contributed by atoms with E-state index in [-0.39, 0.29) is 6.84 Å². The van der Waals surface area contributed by atoms with Crippen molar-refractivity contribution in [3.63, 3.8) is 0 Å². The van der Waals surface area contributed by atoms with Crippen LogP contribution < -0.4 is 5.32 Å². The zero-order chi connectivity index (χ0) is 11.8. The number of allylic oxidation sites excluding steroid dienone is 3. The molecule has 1 heterocycles. The number of hydrogen-bond acceptors (Lipinski definition) is 1. The molecule has 1 heteroatoms. The summed E-state index contributed by atoms with van der Waals surface area (Å²) in [6.07, 6.45) is 3.77. The summed E-state index contributed by atoms with van der Waals surface area (Å²) in [5.41, 5.74) is 4.69. The number of hydrogen-bond donors (Lipinski definition) is 1. The third-order valence-electron chi connectivity index (χ3n) is 3.24. The maximum Gasteiger partial charge on any atom is 0.0425 e. The first kappa shape index (κ1) is 10.7. The van der Waals surface area contributed by atoms with Crippen LogP contribution in [0, 0.1) is 0 Å². The quantitative estimate of drug-likeness (QED) is 0.774. The molecule has 0 fully saturated rings. The van der Waals surface area contributed by atoms with Crippen molar-refractivity contribution in [1.29, 1.82) is 0 Å². The van der Waals surface area contributed by atoms with Crippen molar-refractivity contribution in [1.82, 2.24) is 0 Å². The van der Waals surface area contributed by atoms with Crippen molar-refractivity contribution in [2.45, 2.75) is 19.3 Å². The molecule has 0 aromatic heterocycles. The van der Waals surface area contributed by atoms with Crippen LogP contribution in [0.4, 0.5) is 5.69 Å². The lowest BCUT2D eigenvalue weighted by Crippen LogP contribution is -2.27. The van der Waals surface area contributed by atoms with Crippen LogP contribution in [0.2, 0.25) is 0 Å². The molecule has 0 unspecified atom stereocenters. The molecule has 0 saturated heterocycles. The second-order valence-corrected chi connectivity index (χ2v) is 4.53. The van der Waals surface area contributed by atoms with Gasteiger partial charge in [0.2, 0.25) is 0 Å². The zero-order valence-electron chi connectivity index (χ0n) is 9.88. The van der Waals surface area contributed by atoms with E-state index in [1.165, 1.54) is 11.1 Å². The molecule has 0 atom stereocenters. The van der Waals surface area contributed by atoms with E-state index in [2.05, 4.69) is 50.5 Å². The molecular formula is C15H19N. The molecule has 84 valence electrons. The number of benzene rings is 1. The molecule has 2 rings (SSSR count). The number of rotatable bonds is 2. The van der Waals surface area contributed by atoms with E-state index in [9.17, 15) is 0 Å². The predicted molar refractivity (Wildman–Crippen MR) is 72.6 cm³/mol. The van der Waals surface area contributed by atoms with Crippen molar-refractivity contribution in [3.8, 4) is 0 Å². The lowest BCUT2D eigenvalue weighted by atomic mass is 9.74. The van der Waals surface area contributed by atoms with Gasteiger partial charge in [-0.05, 0) is 23.3 Å². The van der Waals surface area contributed by atoms with Gasteiger partial charge in [-0.1, -0.05) is 51.3 Å². The Morgan fingerprint density at radius 1 is 1.19 bits per heavy atom. The Morgan fingerprint density at radius 3 is 2.50 bits per heavy atom. The van der Waals surface area contributed by atoms with Crippen LogP contribution in [0.1, 0.15) is 20.8 Å². The van der Waals surface area contributed by atoms with Gasteiger partial charge in [-0.3, -0.25) is 0 Å². The molecule has 1 aliphatic rings. The van der Waals surface area contributed by atoms with Gasteiger partial charge in [0.25, 0.3) is 0 Å². The van der Waals surface area contributed by atoms with Crippen LogP contribution in [0.15, 0.2) is 60.8 Å². The van der Waals surface area contributed by atoms with Crippen LogP contribution >= 0.6 is 0 Å². The first-order valence-electron chi connectivity index (χ1n) is 5.47. The van der Waals surface area contributed by atoms with Crippen LogP contribution in [0.5, 0.6) is 0 Å². The summed E-state index contributed by atoms with van der Waals surface area (Å²) in [6.45, 7) is 12.2. The third kappa shape index (κ3) is 1.40. The molecular weight excluding hydrogens is 194 g/mol. The smallest absolute Gasteiger partial charge is 0.0425 e. The maximum atomic E-state index is 3.91. The normalized spacial score (nSPS) is 17.4. The summed E-state index contributed by atoms with van der Waals surface area (Å²) < 4.78 is 0. The number of anilines is 1. The van der Waals surface area contributed by atoms with Crippen molar-refractivity contribution in [2.24, 2.45) is 0 Å². The molecule has 1 nitrogen and oxygen atoms in total. The van der Waals surface area contributed by atoms with Crippen LogP contribution in [-0.2, 0) is 5.41 Å². The number of fused-ring (bicyclic) bond motifs is 1. The molecule has 0 radical (unpaired) electrons. The largest absolute Gasteiger partial charge is 0.355 e. The van der Waals surface area contributed by atoms with Crippen LogP contribution in [0.3, 0.4) is 0 Å². The Kier molecular flexibility index (Phi) is 2.47. The Morgan fingerprint density at radius 2 is 1.88 bits per heavy atom. The van der Waals surface area contributed by atoms with Crippen LogP contribution in [0.25, 0.3) is 0 Å². The van der Waals surface area contributed by atoms with E-state index in [1.807, 2.05) is 18.2 Å². The van der Waals surface area contributed by atoms with Gasteiger partial charge in [0.15, 0.2) is 0 Å². The SMILES string of the molecule is C=CC1=C(C=C)C(C)(C)c2ccccc2N1.[HH]. The summed E-state index contributed by atoms with van der Waals surface area (Å²) >= 11 is 0. The molecule has 0 spiro atoms. The van der Waals surface area contributed by atoms with Gasteiger partial charge in [0.1, 0.15) is 0 Å². The topological polar surface area (TPSA) is 12.0 Å². The van der Waals surface area contributed by atoms with Gasteiger partial charge in [-0.2, -0.15) is 0 Å². The minimum atomic E-state index is -0.0207. The standard InChI is InChI=1S/C15H17N.H2/c1-5-11-13(6-2)16-14-10-8-7-9-12(14)15(11,3)4;/h5-10,16H,1-2H2,3-4H3;1H. The minimum absolute atomic E-state index is 0. The number of nitrogens with one attached hydrogen (secondary N) is 1. The van der Waals surface area contributed by atoms with Crippen molar-refractivity contribution >= 4 is 5.69 Å². The Balaban J connectivity index is 0.00000144. The predicted octanol–water partition coefficient (Wildman–Crippen LogP) is 4.26. The molecule has 0 saturated carbocycles. The molecule has 0 amide bonds. The van der Waals surface area contributed by atoms with E-state index >= 15 is 0 Å². The summed E-state index contributed by atoms with van der Waals surface area (Å²) in [7, 11) is 0. The minimum Gasteiger partial charge on any atom is -0.355 e. The zero-order valence-corrected chi connectivity index (χ0v) is 9.88. The Bertz CT molecular complexity index is 483. The number of para-hydroxylation sites is 1. The second kappa shape index (κ2) is 3.67. The monoisotopic (exact) mass is 213 g/mol. The van der Waals surface area contributed by atoms with E-state index in [1.54, 1.807) is 0 Å². The van der Waals surface area contributed by atoms with Crippen molar-refractivity contribution in [3.05, 3.63) is 66.4 Å². The van der Waals surface area contributed by atoms with Gasteiger partial charge in [0, 0.05) is 18.2 Å². The fourth-order valence-electron chi connectivity index (χ4n) is 2.36. The summed E-state index contributed by atoms with van der Waals surface area (Å²) in [5.74, 6) is 0. The summed E-state index contributed by atoms with van der Waals surface area (Å²) in [4.78, 5) is 0. The lowest BCUT2D eigenvalue weighted by Gasteiger charge is -2.35. The average Bonchev–Trinajstić information content (AvgIpc) is 2.28. The Hall–Kier alpha value is -1.76. The lowest BCUT2D eigenvalue weighted by molar-refractivity contribution is 0.629. The second-order valence-electron chi connectivity index (χ2n) is 4.53. The fraction of sp³-hybridized carbons (Fsp3) is 0.200. The van der Waals surface area contributed by atoms with E-state index in [0.717, 1.165) is 11.4 Å². The van der Waals surface area contributed by atoms with Crippen molar-refractivity contribution < 1.29 is 1.43 Å². The van der Waals surface area contributed by atoms with E-state index in [0.29, 0.717) is 0 Å². The summed E-state index contributed by atoms with van der Waals surface area (Å²) in [6, 6.07) is 8.37. The molecule has 0 bridgehead atoms. The molecule has 1 N–H and O–H groups in total. The molecule has 0 aliphatic carbocycles. The molecule has 16 heavy (non-hydrogen) atoms. The first-order valence-corrected chi connectivity index (χ1v) is 5.47. The van der Waals surface area contributed by atoms with Crippen LogP contribution in [-0.4, -0.2) is 0 Å². The van der Waals surface area contributed by atoms with Gasteiger partial charge in [-0.25, -0.2) is 0 Å². The fourth-order valence-corrected chi connectivity index (χ4v) is 2.36. The van der Waals surface area contributed by atoms with Gasteiger partial charge in [0.05, 0.1) is 0 Å². The summed E-state index contributed by atoms with van der Waals surface area (Å²) in [5, 5.41) is 3.39. The van der Waals surface area contributed by atoms with Gasteiger partial charge in [-0.15, -0.1) is 0 Å². The molecule has 1 aliphatic heterocycles. The van der Waals surface area contributed by atoms with Crippen molar-refractivity contribution in [2.75, 3.05) is 5.32 Å². The van der Waals surface area contributed by atoms with E-state index in [4.69, 9.17) is 0 Å². The van der Waals surface area contributed by atoms with E-state index < -0.39 is 0 Å². The third-order valence-corrected chi connectivity index (χ3v) is 3.24.